The molecule has 4 heteroatoms. The van der Waals surface area contributed by atoms with Gasteiger partial charge in [-0.2, -0.15) is 0 Å². The molecular formula is C8H13F3O. The molecule has 1 fully saturated rings. The molecule has 0 N–H and O–H groups in total. The minimum absolute atomic E-state index is 0.194. The van der Waals surface area contributed by atoms with Crippen LogP contribution in [0.1, 0.15) is 26.2 Å². The number of hydrogen-bond donors (Lipinski definition) is 0. The molecule has 1 aliphatic heterocycles. The Labute approximate surface area is 69.9 Å². The average molecular weight is 182 g/mol. The molecule has 1 nitrogen and oxygen atoms in total. The van der Waals surface area contributed by atoms with Crippen LogP contribution in [0.3, 0.4) is 0 Å². The van der Waals surface area contributed by atoms with Crippen molar-refractivity contribution in [2.45, 2.75) is 37.8 Å². The zero-order valence-corrected chi connectivity index (χ0v) is 7.08. The van der Waals surface area contributed by atoms with Crippen LogP contribution < -0.4 is 0 Å². The van der Waals surface area contributed by atoms with Crippen molar-refractivity contribution in [3.63, 3.8) is 0 Å². The molecule has 1 saturated heterocycles. The first kappa shape index (κ1) is 9.84. The summed E-state index contributed by atoms with van der Waals surface area (Å²) < 4.78 is 44.4. The van der Waals surface area contributed by atoms with Gasteiger partial charge in [-0.1, -0.05) is 6.92 Å². The van der Waals surface area contributed by atoms with Crippen molar-refractivity contribution >= 4 is 0 Å². The van der Waals surface area contributed by atoms with Crippen LogP contribution in [0.4, 0.5) is 13.2 Å². The summed E-state index contributed by atoms with van der Waals surface area (Å²) in [5.74, 6) is -3.22. The van der Waals surface area contributed by atoms with E-state index in [1.54, 1.807) is 0 Å². The fraction of sp³-hybridized carbons (Fsp3) is 1.00. The van der Waals surface area contributed by atoms with Crippen LogP contribution in [-0.4, -0.2) is 24.8 Å². The predicted octanol–water partition coefficient (Wildman–Crippen LogP) is 2.55. The lowest BCUT2D eigenvalue weighted by Gasteiger charge is -2.29. The summed E-state index contributed by atoms with van der Waals surface area (Å²) in [6.07, 6.45) is -0.365. The second-order valence-corrected chi connectivity index (χ2v) is 3.18. The van der Waals surface area contributed by atoms with E-state index in [1.165, 1.54) is 6.92 Å². The summed E-state index contributed by atoms with van der Waals surface area (Å²) in [4.78, 5) is 0. The molecule has 1 atom stereocenters. The van der Waals surface area contributed by atoms with Crippen molar-refractivity contribution in [2.24, 2.45) is 0 Å². The molecule has 0 aromatic heterocycles. The number of rotatable bonds is 1. The summed E-state index contributed by atoms with van der Waals surface area (Å²) in [5, 5.41) is 0. The average Bonchev–Trinajstić information content (AvgIpc) is 2.13. The first-order valence-corrected chi connectivity index (χ1v) is 4.16. The molecule has 0 aromatic rings. The highest BCUT2D eigenvalue weighted by Gasteiger charge is 2.54. The van der Waals surface area contributed by atoms with Gasteiger partial charge in [-0.3, -0.25) is 0 Å². The van der Waals surface area contributed by atoms with Crippen LogP contribution in [0, 0.1) is 0 Å². The maximum Gasteiger partial charge on any atom is 0.283 e. The van der Waals surface area contributed by atoms with Gasteiger partial charge in [0.25, 0.3) is 5.92 Å². The SMILES string of the molecule is CCC1(F)COCCCC1(F)F. The largest absolute Gasteiger partial charge is 0.378 e. The third-order valence-electron chi connectivity index (χ3n) is 2.33. The second kappa shape index (κ2) is 3.24. The molecule has 0 aromatic carbocycles. The highest BCUT2D eigenvalue weighted by Crippen LogP contribution is 2.40. The lowest BCUT2D eigenvalue weighted by atomic mass is 9.93. The summed E-state index contributed by atoms with van der Waals surface area (Å²) >= 11 is 0. The summed E-state index contributed by atoms with van der Waals surface area (Å²) in [7, 11) is 0. The lowest BCUT2D eigenvalue weighted by Crippen LogP contribution is -2.46. The Hall–Kier alpha value is -0.250. The maximum absolute atomic E-state index is 13.5. The Morgan fingerprint density at radius 2 is 2.00 bits per heavy atom. The van der Waals surface area contributed by atoms with Crippen LogP contribution in [0.2, 0.25) is 0 Å². The van der Waals surface area contributed by atoms with Gasteiger partial charge in [0, 0.05) is 13.0 Å². The van der Waals surface area contributed by atoms with E-state index in [1.807, 2.05) is 0 Å². The van der Waals surface area contributed by atoms with E-state index in [-0.39, 0.29) is 19.4 Å². The zero-order chi connectivity index (χ0) is 9.24. The van der Waals surface area contributed by atoms with Crippen molar-refractivity contribution in [3.05, 3.63) is 0 Å². The van der Waals surface area contributed by atoms with E-state index < -0.39 is 24.6 Å². The van der Waals surface area contributed by atoms with Gasteiger partial charge in [-0.25, -0.2) is 13.2 Å². The van der Waals surface area contributed by atoms with Gasteiger partial charge in [0.05, 0.1) is 6.61 Å². The summed E-state index contributed by atoms with van der Waals surface area (Å²) in [6.45, 7) is 1.18. The van der Waals surface area contributed by atoms with E-state index in [9.17, 15) is 13.2 Å². The fourth-order valence-electron chi connectivity index (χ4n) is 1.32. The molecule has 0 aliphatic carbocycles. The van der Waals surface area contributed by atoms with E-state index in [2.05, 4.69) is 0 Å². The molecule has 1 aliphatic rings. The van der Waals surface area contributed by atoms with Gasteiger partial charge >= 0.3 is 0 Å². The monoisotopic (exact) mass is 182 g/mol. The number of hydrogen-bond acceptors (Lipinski definition) is 1. The molecule has 1 heterocycles. The van der Waals surface area contributed by atoms with Gasteiger partial charge < -0.3 is 4.74 Å². The minimum Gasteiger partial charge on any atom is -0.378 e. The summed E-state index contributed by atoms with van der Waals surface area (Å²) in [5.41, 5.74) is -2.45. The second-order valence-electron chi connectivity index (χ2n) is 3.18. The molecule has 0 saturated carbocycles. The maximum atomic E-state index is 13.5. The molecule has 0 spiro atoms. The first-order chi connectivity index (χ1) is 5.52. The Morgan fingerprint density at radius 3 is 2.58 bits per heavy atom. The van der Waals surface area contributed by atoms with Gasteiger partial charge in [-0.05, 0) is 12.8 Å². The molecule has 1 rings (SSSR count). The van der Waals surface area contributed by atoms with Crippen LogP contribution in [0.25, 0.3) is 0 Å². The molecule has 72 valence electrons. The topological polar surface area (TPSA) is 9.23 Å². The zero-order valence-electron chi connectivity index (χ0n) is 7.08. The minimum atomic E-state index is -3.22. The van der Waals surface area contributed by atoms with Crippen molar-refractivity contribution in [1.82, 2.24) is 0 Å². The molecule has 0 radical (unpaired) electrons. The Morgan fingerprint density at radius 1 is 1.33 bits per heavy atom. The van der Waals surface area contributed by atoms with E-state index in [4.69, 9.17) is 4.74 Å². The molecular weight excluding hydrogens is 169 g/mol. The van der Waals surface area contributed by atoms with E-state index in [0.29, 0.717) is 0 Å². The van der Waals surface area contributed by atoms with Gasteiger partial charge in [-0.15, -0.1) is 0 Å². The van der Waals surface area contributed by atoms with Gasteiger partial charge in [0.15, 0.2) is 5.67 Å². The lowest BCUT2D eigenvalue weighted by molar-refractivity contribution is -0.155. The predicted molar refractivity (Wildman–Crippen MR) is 39.1 cm³/mol. The highest BCUT2D eigenvalue weighted by molar-refractivity contribution is 4.94. The number of halogens is 3. The fourth-order valence-corrected chi connectivity index (χ4v) is 1.32. The van der Waals surface area contributed by atoms with Crippen LogP contribution in [0.5, 0.6) is 0 Å². The van der Waals surface area contributed by atoms with Crippen molar-refractivity contribution in [2.75, 3.05) is 13.2 Å². The summed E-state index contributed by atoms with van der Waals surface area (Å²) in [6, 6.07) is 0. The Kier molecular flexibility index (Phi) is 2.66. The highest BCUT2D eigenvalue weighted by atomic mass is 19.3. The normalized spacial score (nSPS) is 36.0. The number of ether oxygens (including phenoxy) is 1. The molecule has 0 bridgehead atoms. The molecule has 12 heavy (non-hydrogen) atoms. The standard InChI is InChI=1S/C8H13F3O/c1-2-7(9)6-12-5-3-4-8(7,10)11/h2-6H2,1H3. The van der Waals surface area contributed by atoms with Gasteiger partial charge in [0.2, 0.25) is 0 Å². The van der Waals surface area contributed by atoms with Crippen molar-refractivity contribution < 1.29 is 17.9 Å². The smallest absolute Gasteiger partial charge is 0.283 e. The van der Waals surface area contributed by atoms with Crippen molar-refractivity contribution in [3.8, 4) is 0 Å². The quantitative estimate of drug-likeness (QED) is 0.605. The van der Waals surface area contributed by atoms with E-state index in [0.717, 1.165) is 0 Å². The Balaban J connectivity index is 2.78. The third-order valence-corrected chi connectivity index (χ3v) is 2.33. The number of alkyl halides is 3. The van der Waals surface area contributed by atoms with Crippen molar-refractivity contribution in [1.29, 1.82) is 0 Å². The Bertz CT molecular complexity index is 160. The van der Waals surface area contributed by atoms with E-state index >= 15 is 0 Å². The molecule has 0 amide bonds. The van der Waals surface area contributed by atoms with Crippen LogP contribution in [0.15, 0.2) is 0 Å². The van der Waals surface area contributed by atoms with Gasteiger partial charge in [0.1, 0.15) is 0 Å². The van der Waals surface area contributed by atoms with Crippen LogP contribution >= 0.6 is 0 Å². The molecule has 1 unspecified atom stereocenters. The third kappa shape index (κ3) is 1.58. The van der Waals surface area contributed by atoms with Crippen LogP contribution in [-0.2, 0) is 4.74 Å². The first-order valence-electron chi connectivity index (χ1n) is 4.16.